The van der Waals surface area contributed by atoms with Crippen LogP contribution < -0.4 is 15.8 Å². The van der Waals surface area contributed by atoms with Crippen LogP contribution in [-0.2, 0) is 0 Å². The number of fused-ring (bicyclic) bond motifs is 1. The molecule has 0 bridgehead atoms. The second-order valence-electron chi connectivity index (χ2n) is 3.11. The Hall–Kier alpha value is -1.55. The molecule has 14 heavy (non-hydrogen) atoms. The summed E-state index contributed by atoms with van der Waals surface area (Å²) in [5.74, 6) is 0.741. The van der Waals surface area contributed by atoms with Crippen molar-refractivity contribution >= 4 is 11.5 Å². The third kappa shape index (κ3) is 1.56. The van der Waals surface area contributed by atoms with E-state index in [0.717, 1.165) is 18.0 Å². The summed E-state index contributed by atoms with van der Waals surface area (Å²) >= 11 is 0. The van der Waals surface area contributed by atoms with E-state index in [1.165, 1.54) is 0 Å². The predicted molar refractivity (Wildman–Crippen MR) is 53.8 cm³/mol. The molecule has 0 spiro atoms. The van der Waals surface area contributed by atoms with E-state index in [4.69, 9.17) is 10.5 Å². The number of nitrogens with two attached hydrogens (primary N) is 1. The van der Waals surface area contributed by atoms with E-state index < -0.39 is 0 Å². The van der Waals surface area contributed by atoms with Gasteiger partial charge in [0.2, 0.25) is 0 Å². The van der Waals surface area contributed by atoms with Crippen LogP contribution in [0.15, 0.2) is 18.2 Å². The van der Waals surface area contributed by atoms with E-state index in [1.807, 2.05) is 0 Å². The average molecular weight is 192 g/mol. The molecular formula is C10H12N2O2. The molecule has 1 aromatic carbocycles. The van der Waals surface area contributed by atoms with Crippen LogP contribution in [0.5, 0.6) is 5.75 Å². The van der Waals surface area contributed by atoms with Gasteiger partial charge in [-0.2, -0.15) is 0 Å². The quantitative estimate of drug-likeness (QED) is 0.675. The number of rotatable bonds is 2. The minimum Gasteiger partial charge on any atom is -0.490 e. The number of Topliss-reactive ketones (excluding diaryl/α,β-unsaturated/α-hetero) is 1. The zero-order valence-electron chi connectivity index (χ0n) is 7.75. The molecule has 1 aromatic rings. The van der Waals surface area contributed by atoms with Gasteiger partial charge in [-0.1, -0.05) is 0 Å². The molecule has 0 fully saturated rings. The number of benzene rings is 1. The van der Waals surface area contributed by atoms with E-state index >= 15 is 0 Å². The van der Waals surface area contributed by atoms with E-state index in [-0.39, 0.29) is 12.3 Å². The highest BCUT2D eigenvalue weighted by Crippen LogP contribution is 2.27. The lowest BCUT2D eigenvalue weighted by molar-refractivity contribution is 0.100. The van der Waals surface area contributed by atoms with Gasteiger partial charge in [-0.25, -0.2) is 0 Å². The minimum atomic E-state index is -0.0554. The summed E-state index contributed by atoms with van der Waals surface area (Å²) < 4.78 is 5.39. The van der Waals surface area contributed by atoms with Gasteiger partial charge in [0.05, 0.1) is 12.2 Å². The number of anilines is 1. The van der Waals surface area contributed by atoms with Crippen molar-refractivity contribution in [2.45, 2.75) is 0 Å². The van der Waals surface area contributed by atoms with Crippen LogP contribution in [0, 0.1) is 0 Å². The zero-order chi connectivity index (χ0) is 9.97. The Morgan fingerprint density at radius 3 is 3.21 bits per heavy atom. The van der Waals surface area contributed by atoms with Gasteiger partial charge in [0, 0.05) is 12.1 Å². The maximum absolute atomic E-state index is 11.3. The van der Waals surface area contributed by atoms with Gasteiger partial charge in [-0.05, 0) is 18.2 Å². The van der Waals surface area contributed by atoms with Crippen LogP contribution in [0.4, 0.5) is 5.69 Å². The lowest BCUT2D eigenvalue weighted by Crippen LogP contribution is -2.19. The molecule has 4 nitrogen and oxygen atoms in total. The summed E-state index contributed by atoms with van der Waals surface area (Å²) in [4.78, 5) is 11.3. The lowest BCUT2D eigenvalue weighted by Gasteiger charge is -2.19. The first-order valence-corrected chi connectivity index (χ1v) is 4.55. The fourth-order valence-corrected chi connectivity index (χ4v) is 1.43. The molecule has 1 aliphatic rings. The van der Waals surface area contributed by atoms with Crippen LogP contribution in [0.25, 0.3) is 0 Å². The molecule has 1 heterocycles. The predicted octanol–water partition coefficient (Wildman–Crippen LogP) is 0.632. The first-order chi connectivity index (χ1) is 6.81. The normalized spacial score (nSPS) is 13.8. The fourth-order valence-electron chi connectivity index (χ4n) is 1.43. The van der Waals surface area contributed by atoms with Crippen molar-refractivity contribution in [2.75, 3.05) is 25.0 Å². The third-order valence-corrected chi connectivity index (χ3v) is 2.16. The Kier molecular flexibility index (Phi) is 2.37. The number of hydrogen-bond donors (Lipinski definition) is 2. The SMILES string of the molecule is NCC(=O)c1ccc2c(c1)NCCO2. The molecule has 1 aliphatic heterocycles. The topological polar surface area (TPSA) is 64.4 Å². The summed E-state index contributed by atoms with van der Waals surface area (Å²) in [6.45, 7) is 1.48. The molecule has 74 valence electrons. The summed E-state index contributed by atoms with van der Waals surface area (Å²) in [6.07, 6.45) is 0. The Labute approximate surface area is 82.1 Å². The van der Waals surface area contributed by atoms with Gasteiger partial charge in [0.25, 0.3) is 0 Å². The largest absolute Gasteiger partial charge is 0.490 e. The number of ketones is 1. The Morgan fingerprint density at radius 2 is 2.43 bits per heavy atom. The molecular weight excluding hydrogens is 180 g/mol. The summed E-state index contributed by atoms with van der Waals surface area (Å²) in [6, 6.07) is 5.31. The van der Waals surface area contributed by atoms with Gasteiger partial charge >= 0.3 is 0 Å². The van der Waals surface area contributed by atoms with Gasteiger partial charge < -0.3 is 15.8 Å². The highest BCUT2D eigenvalue weighted by molar-refractivity contribution is 5.98. The highest BCUT2D eigenvalue weighted by Gasteiger charge is 2.12. The van der Waals surface area contributed by atoms with Crippen LogP contribution in [0.1, 0.15) is 10.4 Å². The van der Waals surface area contributed by atoms with Crippen molar-refractivity contribution in [2.24, 2.45) is 5.73 Å². The van der Waals surface area contributed by atoms with E-state index in [9.17, 15) is 4.79 Å². The van der Waals surface area contributed by atoms with Gasteiger partial charge in [-0.15, -0.1) is 0 Å². The Bertz CT molecular complexity index is 363. The number of carbonyl (C=O) groups is 1. The molecule has 0 aliphatic carbocycles. The van der Waals surface area contributed by atoms with E-state index in [2.05, 4.69) is 5.32 Å². The molecule has 4 heteroatoms. The Morgan fingerprint density at radius 1 is 1.57 bits per heavy atom. The van der Waals surface area contributed by atoms with E-state index in [1.54, 1.807) is 18.2 Å². The van der Waals surface area contributed by atoms with Crippen molar-refractivity contribution < 1.29 is 9.53 Å². The van der Waals surface area contributed by atoms with Crippen molar-refractivity contribution in [3.63, 3.8) is 0 Å². The number of ether oxygens (including phenoxy) is 1. The number of nitrogens with one attached hydrogen (secondary N) is 1. The van der Waals surface area contributed by atoms with Crippen molar-refractivity contribution in [3.05, 3.63) is 23.8 Å². The van der Waals surface area contributed by atoms with Crippen LogP contribution in [-0.4, -0.2) is 25.5 Å². The van der Waals surface area contributed by atoms with E-state index in [0.29, 0.717) is 12.2 Å². The molecule has 0 amide bonds. The second-order valence-corrected chi connectivity index (χ2v) is 3.11. The average Bonchev–Trinajstić information content (AvgIpc) is 2.27. The molecule has 0 aromatic heterocycles. The lowest BCUT2D eigenvalue weighted by atomic mass is 10.1. The smallest absolute Gasteiger partial charge is 0.176 e. The summed E-state index contributed by atoms with van der Waals surface area (Å²) in [5, 5.41) is 3.16. The monoisotopic (exact) mass is 192 g/mol. The van der Waals surface area contributed by atoms with Gasteiger partial charge in [0.15, 0.2) is 5.78 Å². The Balaban J connectivity index is 2.33. The second kappa shape index (κ2) is 3.67. The molecule has 0 radical (unpaired) electrons. The third-order valence-electron chi connectivity index (χ3n) is 2.16. The maximum atomic E-state index is 11.3. The zero-order valence-corrected chi connectivity index (χ0v) is 7.75. The number of hydrogen-bond acceptors (Lipinski definition) is 4. The molecule has 0 unspecified atom stereocenters. The van der Waals surface area contributed by atoms with Crippen molar-refractivity contribution in [1.29, 1.82) is 0 Å². The van der Waals surface area contributed by atoms with Crippen LogP contribution >= 0.6 is 0 Å². The van der Waals surface area contributed by atoms with Crippen molar-refractivity contribution in [3.8, 4) is 5.75 Å². The maximum Gasteiger partial charge on any atom is 0.176 e. The molecule has 3 N–H and O–H groups in total. The highest BCUT2D eigenvalue weighted by atomic mass is 16.5. The first-order valence-electron chi connectivity index (χ1n) is 4.55. The summed E-state index contributed by atoms with van der Waals surface area (Å²) in [7, 11) is 0. The fraction of sp³-hybridized carbons (Fsp3) is 0.300. The molecule has 0 saturated carbocycles. The molecule has 0 atom stereocenters. The van der Waals surface area contributed by atoms with Crippen LogP contribution in [0.2, 0.25) is 0 Å². The standard InChI is InChI=1S/C10H12N2O2/c11-6-9(13)7-1-2-10-8(5-7)12-3-4-14-10/h1-2,5,12H,3-4,6,11H2. The van der Waals surface area contributed by atoms with Crippen molar-refractivity contribution in [1.82, 2.24) is 0 Å². The number of carbonyl (C=O) groups excluding carboxylic acids is 1. The van der Waals surface area contributed by atoms with Gasteiger partial charge in [-0.3, -0.25) is 4.79 Å². The van der Waals surface area contributed by atoms with Crippen LogP contribution in [0.3, 0.4) is 0 Å². The van der Waals surface area contributed by atoms with Gasteiger partial charge in [0.1, 0.15) is 12.4 Å². The molecule has 2 rings (SSSR count). The molecule has 0 saturated heterocycles. The first kappa shape index (κ1) is 9.02. The summed E-state index contributed by atoms with van der Waals surface area (Å²) in [5.41, 5.74) is 6.78. The minimum absolute atomic E-state index is 0.0413.